The third kappa shape index (κ3) is 8.38. The lowest BCUT2D eigenvalue weighted by Gasteiger charge is -2.33. The molecule has 1 saturated heterocycles. The van der Waals surface area contributed by atoms with Crippen LogP contribution >= 0.6 is 11.3 Å². The van der Waals surface area contributed by atoms with Crippen molar-refractivity contribution in [1.29, 1.82) is 0 Å². The van der Waals surface area contributed by atoms with Gasteiger partial charge in [0.25, 0.3) is 0 Å². The van der Waals surface area contributed by atoms with E-state index < -0.39 is 5.92 Å². The van der Waals surface area contributed by atoms with Crippen molar-refractivity contribution in [3.05, 3.63) is 129 Å². The lowest BCUT2D eigenvalue weighted by molar-refractivity contribution is -0.141. The van der Waals surface area contributed by atoms with Gasteiger partial charge in [-0.15, -0.1) is 11.3 Å². The Kier molecular flexibility index (Phi) is 10.7. The zero-order valence-electron chi connectivity index (χ0n) is 24.5. The number of ether oxygens (including phenoxy) is 1. The third-order valence-electron chi connectivity index (χ3n) is 7.88. The number of nitrogens with zero attached hydrogens (tertiary/aromatic N) is 3. The number of aryl methyl sites for hydroxylation is 1. The van der Waals surface area contributed by atoms with E-state index in [1.807, 2.05) is 79.0 Å². The van der Waals surface area contributed by atoms with Crippen molar-refractivity contribution in [3.8, 4) is 0 Å². The van der Waals surface area contributed by atoms with Crippen molar-refractivity contribution in [3.63, 3.8) is 0 Å². The minimum Gasteiger partial charge on any atom is -0.379 e. The molecule has 0 unspecified atom stereocenters. The molecule has 5 rings (SSSR count). The van der Waals surface area contributed by atoms with Crippen LogP contribution in [0.1, 0.15) is 33.0 Å². The average Bonchev–Trinajstić information content (AvgIpc) is 3.45. The second-order valence-corrected chi connectivity index (χ2v) is 11.9. The van der Waals surface area contributed by atoms with Crippen LogP contribution in [0, 0.1) is 12.7 Å². The Morgan fingerprint density at radius 1 is 0.860 bits per heavy atom. The van der Waals surface area contributed by atoms with Gasteiger partial charge in [-0.25, -0.2) is 4.39 Å². The van der Waals surface area contributed by atoms with Gasteiger partial charge < -0.3 is 14.5 Å². The molecule has 2 heterocycles. The molecule has 2 amide bonds. The molecule has 1 aromatic heterocycles. The molecule has 1 fully saturated rings. The van der Waals surface area contributed by atoms with Crippen LogP contribution in [0.3, 0.4) is 0 Å². The Bertz CT molecular complexity index is 1420. The van der Waals surface area contributed by atoms with Crippen molar-refractivity contribution < 1.29 is 18.7 Å². The van der Waals surface area contributed by atoms with Gasteiger partial charge in [0.2, 0.25) is 11.8 Å². The van der Waals surface area contributed by atoms with Gasteiger partial charge in [0.1, 0.15) is 5.82 Å². The van der Waals surface area contributed by atoms with Gasteiger partial charge in [-0.05, 0) is 52.8 Å². The minimum absolute atomic E-state index is 0.0506. The largest absolute Gasteiger partial charge is 0.379 e. The number of hydrogen-bond acceptors (Lipinski definition) is 5. The molecule has 0 aliphatic carbocycles. The molecule has 0 N–H and O–H groups in total. The predicted molar refractivity (Wildman–Crippen MR) is 168 cm³/mol. The number of benzene rings is 3. The fourth-order valence-electron chi connectivity index (χ4n) is 5.35. The van der Waals surface area contributed by atoms with Crippen LogP contribution in [0.15, 0.2) is 96.4 Å². The Morgan fingerprint density at radius 3 is 2.07 bits per heavy atom. The number of thiophene rings is 1. The highest BCUT2D eigenvalue weighted by Crippen LogP contribution is 2.27. The molecule has 4 aromatic rings. The summed E-state index contributed by atoms with van der Waals surface area (Å²) in [5.74, 6) is -1.10. The van der Waals surface area contributed by atoms with Crippen molar-refractivity contribution in [2.45, 2.75) is 25.9 Å². The molecule has 0 bridgehead atoms. The van der Waals surface area contributed by atoms with Crippen molar-refractivity contribution in [2.75, 3.05) is 45.9 Å². The zero-order valence-corrected chi connectivity index (χ0v) is 25.3. The first-order chi connectivity index (χ1) is 21.0. The van der Waals surface area contributed by atoms with E-state index in [9.17, 15) is 14.0 Å². The topological polar surface area (TPSA) is 53.1 Å². The number of hydrogen-bond donors (Lipinski definition) is 0. The van der Waals surface area contributed by atoms with E-state index in [2.05, 4.69) is 4.90 Å². The van der Waals surface area contributed by atoms with E-state index in [0.717, 1.165) is 40.2 Å². The minimum atomic E-state index is -0.537. The molecule has 6 nitrogen and oxygen atoms in total. The summed E-state index contributed by atoms with van der Waals surface area (Å²) in [7, 11) is 0. The molecule has 0 atom stereocenters. The highest BCUT2D eigenvalue weighted by Gasteiger charge is 2.30. The number of carbonyl (C=O) groups is 2. The van der Waals surface area contributed by atoms with Gasteiger partial charge in [-0.3, -0.25) is 14.5 Å². The lowest BCUT2D eigenvalue weighted by Crippen LogP contribution is -2.48. The normalized spacial score (nSPS) is 13.7. The molecule has 0 radical (unpaired) electrons. The number of rotatable bonds is 12. The van der Waals surface area contributed by atoms with Crippen LogP contribution in [0.25, 0.3) is 0 Å². The smallest absolute Gasteiger partial charge is 0.242 e. The Labute approximate surface area is 257 Å². The summed E-state index contributed by atoms with van der Waals surface area (Å²) in [5, 5.41) is 2.02. The van der Waals surface area contributed by atoms with Crippen molar-refractivity contribution >= 4 is 23.2 Å². The second kappa shape index (κ2) is 15.0. The van der Waals surface area contributed by atoms with Crippen molar-refractivity contribution in [1.82, 2.24) is 14.7 Å². The summed E-state index contributed by atoms with van der Waals surface area (Å²) < 4.78 is 19.2. The van der Waals surface area contributed by atoms with Crippen LogP contribution in [0.4, 0.5) is 4.39 Å². The Morgan fingerprint density at radius 2 is 1.49 bits per heavy atom. The fraction of sp³-hybridized carbons (Fsp3) is 0.314. The Hall–Kier alpha value is -3.85. The van der Waals surface area contributed by atoms with Gasteiger partial charge in [0.05, 0.1) is 32.2 Å². The summed E-state index contributed by atoms with van der Waals surface area (Å²) >= 11 is 1.61. The number of halogens is 1. The fourth-order valence-corrected chi connectivity index (χ4v) is 6.27. The van der Waals surface area contributed by atoms with E-state index in [0.29, 0.717) is 39.4 Å². The molecule has 1 aliphatic rings. The molecule has 3 aromatic carbocycles. The predicted octanol–water partition coefficient (Wildman–Crippen LogP) is 5.72. The van der Waals surface area contributed by atoms with Crippen LogP contribution in [0.2, 0.25) is 0 Å². The molecule has 43 heavy (non-hydrogen) atoms. The highest BCUT2D eigenvalue weighted by molar-refractivity contribution is 7.10. The summed E-state index contributed by atoms with van der Waals surface area (Å²) in [4.78, 5) is 35.5. The van der Waals surface area contributed by atoms with E-state index in [4.69, 9.17) is 4.74 Å². The first-order valence-corrected chi connectivity index (χ1v) is 15.6. The Balaban J connectivity index is 1.43. The molecular weight excluding hydrogens is 561 g/mol. The summed E-state index contributed by atoms with van der Waals surface area (Å²) in [6, 6.07) is 27.8. The maximum absolute atomic E-state index is 14.5. The van der Waals surface area contributed by atoms with E-state index in [-0.39, 0.29) is 24.2 Å². The van der Waals surface area contributed by atoms with Crippen LogP contribution in [-0.4, -0.2) is 72.5 Å². The van der Waals surface area contributed by atoms with E-state index in [1.54, 1.807) is 33.3 Å². The average molecular weight is 600 g/mol. The molecule has 0 saturated carbocycles. The third-order valence-corrected chi connectivity index (χ3v) is 8.89. The van der Waals surface area contributed by atoms with Gasteiger partial charge in [0.15, 0.2) is 0 Å². The van der Waals surface area contributed by atoms with Gasteiger partial charge >= 0.3 is 0 Å². The quantitative estimate of drug-likeness (QED) is 0.209. The SMILES string of the molecule is Cc1ccsc1CN(Cc1ccc(F)cc1)C(=O)CN(CCN1CCOCC1)C(=O)C(c1ccccc1)c1ccccc1. The maximum Gasteiger partial charge on any atom is 0.242 e. The van der Waals surface area contributed by atoms with E-state index in [1.165, 1.54) is 12.1 Å². The van der Waals surface area contributed by atoms with Crippen LogP contribution in [0.5, 0.6) is 0 Å². The highest BCUT2D eigenvalue weighted by atomic mass is 32.1. The van der Waals surface area contributed by atoms with Crippen molar-refractivity contribution in [2.24, 2.45) is 0 Å². The lowest BCUT2D eigenvalue weighted by atomic mass is 9.90. The molecule has 0 spiro atoms. The maximum atomic E-state index is 14.5. The number of carbonyl (C=O) groups excluding carboxylic acids is 2. The molecule has 8 heteroatoms. The summed E-state index contributed by atoms with van der Waals surface area (Å²) in [6.45, 7) is 6.72. The van der Waals surface area contributed by atoms with E-state index >= 15 is 0 Å². The number of morpholine rings is 1. The van der Waals surface area contributed by atoms with Crippen LogP contribution < -0.4 is 0 Å². The summed E-state index contributed by atoms with van der Waals surface area (Å²) in [6.07, 6.45) is 0. The zero-order chi connectivity index (χ0) is 30.0. The molecule has 1 aliphatic heterocycles. The first kappa shape index (κ1) is 30.6. The van der Waals surface area contributed by atoms with Gasteiger partial charge in [-0.2, -0.15) is 0 Å². The monoisotopic (exact) mass is 599 g/mol. The first-order valence-electron chi connectivity index (χ1n) is 14.7. The molecule has 224 valence electrons. The van der Waals surface area contributed by atoms with Gasteiger partial charge in [0, 0.05) is 37.6 Å². The summed E-state index contributed by atoms with van der Waals surface area (Å²) in [5.41, 5.74) is 3.73. The van der Waals surface area contributed by atoms with Crippen LogP contribution in [-0.2, 0) is 27.4 Å². The van der Waals surface area contributed by atoms with Gasteiger partial charge in [-0.1, -0.05) is 72.8 Å². The standard InChI is InChI=1S/C35H38FN3O3S/c1-27-16-23-43-32(27)25-39(24-28-12-14-31(36)15-13-28)33(40)26-38(18-17-37-19-21-42-22-20-37)35(41)34(29-8-4-2-5-9-29)30-10-6-3-7-11-30/h2-16,23,34H,17-22,24-26H2,1H3. The number of amides is 2. The second-order valence-electron chi connectivity index (χ2n) is 10.9. The molecular formula is C35H38FN3O3S.